The zero-order valence-corrected chi connectivity index (χ0v) is 14.7. The molecule has 1 aliphatic heterocycles. The van der Waals surface area contributed by atoms with E-state index >= 15 is 0 Å². The average molecular weight is 379 g/mol. The van der Waals surface area contributed by atoms with Gasteiger partial charge in [-0.25, -0.2) is 0 Å². The van der Waals surface area contributed by atoms with Crippen LogP contribution in [-0.4, -0.2) is 43.3 Å². The molecule has 1 aromatic carbocycles. The molecule has 2 fully saturated rings. The Morgan fingerprint density at radius 3 is 2.72 bits per heavy atom. The molecular formula is C17H22ClF3N2O2. The maximum absolute atomic E-state index is 12.6. The van der Waals surface area contributed by atoms with Crippen LogP contribution in [0, 0.1) is 5.92 Å². The number of benzene rings is 1. The molecule has 3 atom stereocenters. The summed E-state index contributed by atoms with van der Waals surface area (Å²) in [5, 5.41) is 3.19. The summed E-state index contributed by atoms with van der Waals surface area (Å²) in [6, 6.07) is 6.40. The van der Waals surface area contributed by atoms with Crippen molar-refractivity contribution < 1.29 is 22.7 Å². The minimum atomic E-state index is -4.72. The highest BCUT2D eigenvalue weighted by Crippen LogP contribution is 2.51. The molecule has 25 heavy (non-hydrogen) atoms. The Bertz CT molecular complexity index is 612. The Balaban J connectivity index is 0.00000225. The van der Waals surface area contributed by atoms with Crippen LogP contribution in [0.15, 0.2) is 24.3 Å². The molecule has 0 bridgehead atoms. The zero-order valence-electron chi connectivity index (χ0n) is 13.9. The van der Waals surface area contributed by atoms with Gasteiger partial charge in [-0.05, 0) is 43.9 Å². The van der Waals surface area contributed by atoms with Crippen molar-refractivity contribution in [2.45, 2.75) is 37.6 Å². The quantitative estimate of drug-likeness (QED) is 0.874. The molecule has 1 amide bonds. The molecule has 2 aliphatic rings. The van der Waals surface area contributed by atoms with Crippen LogP contribution in [0.4, 0.5) is 13.2 Å². The number of para-hydroxylation sites is 1. The lowest BCUT2D eigenvalue weighted by atomic mass is 10.0. The lowest BCUT2D eigenvalue weighted by Crippen LogP contribution is -2.47. The van der Waals surface area contributed by atoms with E-state index in [1.807, 2.05) is 11.9 Å². The fourth-order valence-electron chi connectivity index (χ4n) is 3.46. The first kappa shape index (κ1) is 19.8. The maximum Gasteiger partial charge on any atom is 0.573 e. The molecule has 3 rings (SSSR count). The fraction of sp³-hybridized carbons (Fsp3) is 0.588. The second kappa shape index (κ2) is 7.83. The van der Waals surface area contributed by atoms with Gasteiger partial charge in [0.1, 0.15) is 5.75 Å². The molecule has 0 spiro atoms. The van der Waals surface area contributed by atoms with Gasteiger partial charge in [-0.1, -0.05) is 18.2 Å². The van der Waals surface area contributed by atoms with Gasteiger partial charge >= 0.3 is 6.36 Å². The fourth-order valence-corrected chi connectivity index (χ4v) is 3.46. The van der Waals surface area contributed by atoms with E-state index in [0.29, 0.717) is 24.6 Å². The first-order valence-corrected chi connectivity index (χ1v) is 8.20. The number of amides is 1. The number of alkyl halides is 3. The summed E-state index contributed by atoms with van der Waals surface area (Å²) < 4.78 is 41.7. The third-order valence-electron chi connectivity index (χ3n) is 4.79. The lowest BCUT2D eigenvalue weighted by Gasteiger charge is -2.32. The highest BCUT2D eigenvalue weighted by molar-refractivity contribution is 5.85. The van der Waals surface area contributed by atoms with E-state index in [2.05, 4.69) is 10.1 Å². The number of ether oxygens (including phenoxy) is 1. The molecule has 1 heterocycles. The summed E-state index contributed by atoms with van der Waals surface area (Å²) in [6.07, 6.45) is -2.16. The van der Waals surface area contributed by atoms with Crippen LogP contribution in [0.2, 0.25) is 0 Å². The van der Waals surface area contributed by atoms with Crippen molar-refractivity contribution in [3.05, 3.63) is 29.8 Å². The van der Waals surface area contributed by atoms with E-state index in [0.717, 1.165) is 19.4 Å². The number of likely N-dealkylation sites (tertiary alicyclic amines) is 1. The number of nitrogens with one attached hydrogen (secondary N) is 1. The second-order valence-electron chi connectivity index (χ2n) is 6.45. The highest BCUT2D eigenvalue weighted by atomic mass is 35.5. The molecule has 1 aliphatic carbocycles. The summed E-state index contributed by atoms with van der Waals surface area (Å²) in [4.78, 5) is 14.5. The maximum atomic E-state index is 12.6. The van der Waals surface area contributed by atoms with Crippen molar-refractivity contribution in [3.8, 4) is 5.75 Å². The molecule has 0 aromatic heterocycles. The van der Waals surface area contributed by atoms with E-state index in [1.165, 1.54) is 12.1 Å². The van der Waals surface area contributed by atoms with E-state index in [9.17, 15) is 18.0 Å². The Hall–Kier alpha value is -1.47. The normalized spacial score (nSPS) is 25.9. The summed E-state index contributed by atoms with van der Waals surface area (Å²) >= 11 is 0. The third-order valence-corrected chi connectivity index (χ3v) is 4.79. The number of rotatable bonds is 4. The van der Waals surface area contributed by atoms with Crippen LogP contribution in [0.1, 0.15) is 30.7 Å². The van der Waals surface area contributed by atoms with Crippen molar-refractivity contribution in [3.63, 3.8) is 0 Å². The number of piperidine rings is 1. The highest BCUT2D eigenvalue weighted by Gasteiger charge is 2.48. The summed E-state index contributed by atoms with van der Waals surface area (Å²) in [6.45, 7) is 1.39. The van der Waals surface area contributed by atoms with Gasteiger partial charge in [-0.2, -0.15) is 0 Å². The molecule has 1 saturated carbocycles. The van der Waals surface area contributed by atoms with Gasteiger partial charge in [-0.3, -0.25) is 4.79 Å². The molecule has 0 radical (unpaired) electrons. The molecule has 1 saturated heterocycles. The summed E-state index contributed by atoms with van der Waals surface area (Å²) in [7, 11) is 1.88. The molecule has 1 N–H and O–H groups in total. The van der Waals surface area contributed by atoms with E-state index in [-0.39, 0.29) is 35.9 Å². The average Bonchev–Trinajstić information content (AvgIpc) is 3.33. The minimum Gasteiger partial charge on any atom is -0.405 e. The SMILES string of the molecule is CNC1CCCN(C(=O)C2CC2c2ccccc2OC(F)(F)F)C1.Cl. The lowest BCUT2D eigenvalue weighted by molar-refractivity contribution is -0.274. The van der Waals surface area contributed by atoms with Crippen molar-refractivity contribution in [1.82, 2.24) is 10.2 Å². The molecule has 3 unspecified atom stereocenters. The van der Waals surface area contributed by atoms with Crippen molar-refractivity contribution in [2.75, 3.05) is 20.1 Å². The van der Waals surface area contributed by atoms with Gasteiger partial charge in [0.25, 0.3) is 0 Å². The molecule has 4 nitrogen and oxygen atoms in total. The number of hydrogen-bond donors (Lipinski definition) is 1. The van der Waals surface area contributed by atoms with Crippen LogP contribution < -0.4 is 10.1 Å². The van der Waals surface area contributed by atoms with E-state index in [4.69, 9.17) is 0 Å². The summed E-state index contributed by atoms with van der Waals surface area (Å²) in [5.41, 5.74) is 0.468. The topological polar surface area (TPSA) is 41.6 Å². The molecule has 8 heteroatoms. The summed E-state index contributed by atoms with van der Waals surface area (Å²) in [5.74, 6) is -0.580. The minimum absolute atomic E-state index is 0. The first-order valence-electron chi connectivity index (χ1n) is 8.20. The number of carbonyl (C=O) groups excluding carboxylic acids is 1. The smallest absolute Gasteiger partial charge is 0.405 e. The van der Waals surface area contributed by atoms with Gasteiger partial charge in [0.15, 0.2) is 0 Å². The van der Waals surface area contributed by atoms with Gasteiger partial charge in [-0.15, -0.1) is 25.6 Å². The Labute approximate surface area is 151 Å². The van der Waals surface area contributed by atoms with Crippen LogP contribution in [0.3, 0.4) is 0 Å². The number of carbonyl (C=O) groups is 1. The number of nitrogens with zero attached hydrogens (tertiary/aromatic N) is 1. The molecule has 1 aromatic rings. The van der Waals surface area contributed by atoms with Crippen molar-refractivity contribution >= 4 is 18.3 Å². The predicted molar refractivity (Wildman–Crippen MR) is 89.9 cm³/mol. The number of halogens is 4. The number of likely N-dealkylation sites (N-methyl/N-ethyl adjacent to an activating group) is 1. The predicted octanol–water partition coefficient (Wildman–Crippen LogP) is 3.32. The van der Waals surface area contributed by atoms with Crippen LogP contribution in [0.5, 0.6) is 5.75 Å². The van der Waals surface area contributed by atoms with Crippen molar-refractivity contribution in [1.29, 1.82) is 0 Å². The van der Waals surface area contributed by atoms with E-state index < -0.39 is 6.36 Å². The molecular weight excluding hydrogens is 357 g/mol. The monoisotopic (exact) mass is 378 g/mol. The van der Waals surface area contributed by atoms with Gasteiger partial charge in [0.2, 0.25) is 5.91 Å². The van der Waals surface area contributed by atoms with Crippen LogP contribution >= 0.6 is 12.4 Å². The Morgan fingerprint density at radius 1 is 1.32 bits per heavy atom. The van der Waals surface area contributed by atoms with Gasteiger partial charge in [0, 0.05) is 25.0 Å². The largest absolute Gasteiger partial charge is 0.573 e. The number of hydrogen-bond acceptors (Lipinski definition) is 3. The van der Waals surface area contributed by atoms with Gasteiger partial charge in [0.05, 0.1) is 0 Å². The standard InChI is InChI=1S/C17H21F3N2O2.ClH/c1-21-11-5-4-8-22(10-11)16(23)14-9-13(14)12-6-2-3-7-15(12)24-17(18,19)20;/h2-3,6-7,11,13-14,21H,4-5,8-10H2,1H3;1H. The van der Waals surface area contributed by atoms with Gasteiger partial charge < -0.3 is 15.0 Å². The van der Waals surface area contributed by atoms with Crippen LogP contribution in [0.25, 0.3) is 0 Å². The third kappa shape index (κ3) is 4.79. The first-order chi connectivity index (χ1) is 11.4. The van der Waals surface area contributed by atoms with E-state index in [1.54, 1.807) is 12.1 Å². The Morgan fingerprint density at radius 2 is 2.04 bits per heavy atom. The zero-order chi connectivity index (χ0) is 17.3. The Kier molecular flexibility index (Phi) is 6.21. The van der Waals surface area contributed by atoms with Crippen LogP contribution in [-0.2, 0) is 4.79 Å². The second-order valence-corrected chi connectivity index (χ2v) is 6.45. The van der Waals surface area contributed by atoms with Crippen molar-refractivity contribution in [2.24, 2.45) is 5.92 Å². The molecule has 140 valence electrons.